The minimum Gasteiger partial charge on any atom is -0.195 e. The van der Waals surface area contributed by atoms with E-state index in [1.807, 2.05) is 0 Å². The first-order chi connectivity index (χ1) is 9.16. The number of hydrogen-bond donors (Lipinski definition) is 0. The highest BCUT2D eigenvalue weighted by Crippen LogP contribution is 2.50. The molecule has 0 nitrogen and oxygen atoms in total. The van der Waals surface area contributed by atoms with Crippen LogP contribution in [0.15, 0.2) is 36.4 Å². The third-order valence-electron chi connectivity index (χ3n) is 2.87. The Bertz CT molecular complexity index is 638. The predicted molar refractivity (Wildman–Crippen MR) is 71.6 cm³/mol. The van der Waals surface area contributed by atoms with Crippen molar-refractivity contribution in [3.05, 3.63) is 47.0 Å². The van der Waals surface area contributed by atoms with E-state index in [9.17, 15) is 22.0 Å². The maximum absolute atomic E-state index is 13.4. The summed E-state index contributed by atoms with van der Waals surface area (Å²) in [4.78, 5) is -2.18. The van der Waals surface area contributed by atoms with Crippen molar-refractivity contribution >= 4 is 38.3 Å². The molecule has 0 radical (unpaired) electrons. The van der Waals surface area contributed by atoms with Gasteiger partial charge in [0.25, 0.3) is 0 Å². The van der Waals surface area contributed by atoms with Gasteiger partial charge in [0.15, 0.2) is 0 Å². The van der Waals surface area contributed by atoms with Crippen LogP contribution in [0.3, 0.4) is 0 Å². The summed E-state index contributed by atoms with van der Waals surface area (Å²) in [5, 5.41) is 0.972. The van der Waals surface area contributed by atoms with E-state index >= 15 is 0 Å². The summed E-state index contributed by atoms with van der Waals surface area (Å²) in [5.74, 6) is -4.89. The Labute approximate surface area is 124 Å². The Morgan fingerprint density at radius 1 is 0.900 bits per heavy atom. The number of fused-ring (bicyclic) bond motifs is 1. The second kappa shape index (κ2) is 5.15. The average Bonchev–Trinajstić information content (AvgIpc) is 2.37. The van der Waals surface area contributed by atoms with Crippen LogP contribution in [0, 0.1) is 0 Å². The van der Waals surface area contributed by atoms with Crippen molar-refractivity contribution in [2.24, 2.45) is 0 Å². The van der Waals surface area contributed by atoms with Gasteiger partial charge in [0, 0.05) is 10.4 Å². The SMILES string of the molecule is FC(F)(F)C(F)(F)C(Br)c1ccc(Cl)c2ccccc12. The number of alkyl halides is 6. The first kappa shape index (κ1) is 15.5. The largest absolute Gasteiger partial charge is 0.454 e. The molecule has 0 saturated carbocycles. The molecule has 0 aliphatic rings. The van der Waals surface area contributed by atoms with Crippen molar-refractivity contribution in [3.63, 3.8) is 0 Å². The van der Waals surface area contributed by atoms with Crippen LogP contribution in [-0.2, 0) is 0 Å². The number of benzene rings is 2. The smallest absolute Gasteiger partial charge is 0.195 e. The van der Waals surface area contributed by atoms with Crippen LogP contribution in [0.2, 0.25) is 5.02 Å². The minimum absolute atomic E-state index is 0.160. The average molecular weight is 374 g/mol. The summed E-state index contributed by atoms with van der Waals surface area (Å²) in [6.45, 7) is 0. The van der Waals surface area contributed by atoms with Crippen molar-refractivity contribution in [1.29, 1.82) is 0 Å². The summed E-state index contributed by atoms with van der Waals surface area (Å²) in [5.41, 5.74) is -0.160. The molecule has 0 heterocycles. The first-order valence-corrected chi connectivity index (χ1v) is 6.71. The normalized spacial score (nSPS) is 14.6. The van der Waals surface area contributed by atoms with Crippen molar-refractivity contribution in [1.82, 2.24) is 0 Å². The van der Waals surface area contributed by atoms with E-state index in [2.05, 4.69) is 15.9 Å². The second-order valence-corrected chi connectivity index (χ2v) is 5.49. The lowest BCUT2D eigenvalue weighted by atomic mass is 9.99. The fraction of sp³-hybridized carbons (Fsp3) is 0.231. The van der Waals surface area contributed by atoms with Crippen LogP contribution < -0.4 is 0 Å². The fourth-order valence-electron chi connectivity index (χ4n) is 1.85. The van der Waals surface area contributed by atoms with Gasteiger partial charge in [-0.05, 0) is 17.0 Å². The quantitative estimate of drug-likeness (QED) is 0.439. The second-order valence-electron chi connectivity index (χ2n) is 4.17. The molecule has 2 aromatic carbocycles. The van der Waals surface area contributed by atoms with Gasteiger partial charge in [0.2, 0.25) is 0 Å². The molecule has 0 aromatic heterocycles. The molecule has 0 saturated heterocycles. The topological polar surface area (TPSA) is 0 Å². The Balaban J connectivity index is 2.62. The molecule has 0 amide bonds. The molecular weight excluding hydrogens is 366 g/mol. The van der Waals surface area contributed by atoms with Crippen molar-refractivity contribution in [3.8, 4) is 0 Å². The van der Waals surface area contributed by atoms with Crippen LogP contribution in [0.5, 0.6) is 0 Å². The number of rotatable bonds is 2. The molecule has 2 rings (SSSR count). The van der Waals surface area contributed by atoms with Crippen LogP contribution >= 0.6 is 27.5 Å². The lowest BCUT2D eigenvalue weighted by Gasteiger charge is -2.25. The van der Waals surface area contributed by atoms with Gasteiger partial charge in [0.1, 0.15) is 4.83 Å². The standard InChI is InChI=1S/C13H7BrClF5/c14-11(12(16,17)13(18,19)20)9-5-6-10(15)8-4-2-1-3-7(8)9/h1-6,11H. The van der Waals surface area contributed by atoms with Crippen LogP contribution in [0.1, 0.15) is 10.4 Å². The summed E-state index contributed by atoms with van der Waals surface area (Å²) >= 11 is 8.39. The molecule has 108 valence electrons. The van der Waals surface area contributed by atoms with Crippen LogP contribution in [0.25, 0.3) is 10.8 Å². The summed E-state index contributed by atoms with van der Waals surface area (Å²) in [6.07, 6.45) is -5.64. The van der Waals surface area contributed by atoms with Gasteiger partial charge >= 0.3 is 12.1 Å². The Hall–Kier alpha value is -0.880. The van der Waals surface area contributed by atoms with E-state index in [0.29, 0.717) is 10.4 Å². The van der Waals surface area contributed by atoms with Crippen molar-refractivity contribution < 1.29 is 22.0 Å². The zero-order valence-corrected chi connectivity index (χ0v) is 12.0. The van der Waals surface area contributed by atoms with Gasteiger partial charge in [-0.15, -0.1) is 0 Å². The summed E-state index contributed by atoms with van der Waals surface area (Å²) in [6, 6.07) is 8.67. The fourth-order valence-corrected chi connectivity index (χ4v) is 2.73. The monoisotopic (exact) mass is 372 g/mol. The lowest BCUT2D eigenvalue weighted by molar-refractivity contribution is -0.281. The van der Waals surface area contributed by atoms with Gasteiger partial charge in [-0.3, -0.25) is 0 Å². The number of halogens is 7. The Morgan fingerprint density at radius 2 is 1.45 bits per heavy atom. The van der Waals surface area contributed by atoms with Gasteiger partial charge in [-0.1, -0.05) is 57.9 Å². The molecule has 0 N–H and O–H groups in total. The first-order valence-electron chi connectivity index (χ1n) is 5.42. The molecule has 7 heteroatoms. The van der Waals surface area contributed by atoms with Crippen molar-refractivity contribution in [2.75, 3.05) is 0 Å². The molecule has 1 atom stereocenters. The number of hydrogen-bond acceptors (Lipinski definition) is 0. The van der Waals surface area contributed by atoms with E-state index in [1.165, 1.54) is 18.2 Å². The molecule has 2 aromatic rings. The molecule has 20 heavy (non-hydrogen) atoms. The van der Waals surface area contributed by atoms with E-state index < -0.39 is 16.9 Å². The molecule has 0 aliphatic carbocycles. The molecule has 1 unspecified atom stereocenters. The molecule has 0 spiro atoms. The molecule has 0 bridgehead atoms. The molecule has 0 fully saturated rings. The maximum Gasteiger partial charge on any atom is 0.454 e. The van der Waals surface area contributed by atoms with E-state index in [4.69, 9.17) is 11.6 Å². The highest BCUT2D eigenvalue weighted by molar-refractivity contribution is 9.09. The minimum atomic E-state index is -5.64. The maximum atomic E-state index is 13.4. The van der Waals surface area contributed by atoms with E-state index in [-0.39, 0.29) is 10.9 Å². The highest BCUT2D eigenvalue weighted by atomic mass is 79.9. The Kier molecular flexibility index (Phi) is 3.99. The van der Waals surface area contributed by atoms with Gasteiger partial charge < -0.3 is 0 Å². The summed E-state index contributed by atoms with van der Waals surface area (Å²) < 4.78 is 64.2. The van der Waals surface area contributed by atoms with E-state index in [1.54, 1.807) is 18.2 Å². The zero-order valence-electron chi connectivity index (χ0n) is 9.69. The third-order valence-corrected chi connectivity index (χ3v) is 4.27. The Morgan fingerprint density at radius 3 is 2.00 bits per heavy atom. The highest BCUT2D eigenvalue weighted by Gasteiger charge is 2.62. The van der Waals surface area contributed by atoms with E-state index in [0.717, 1.165) is 0 Å². The van der Waals surface area contributed by atoms with Crippen molar-refractivity contribution in [2.45, 2.75) is 16.9 Å². The third kappa shape index (κ3) is 2.51. The van der Waals surface area contributed by atoms with Gasteiger partial charge in [-0.25, -0.2) is 0 Å². The molecular formula is C13H7BrClF5. The van der Waals surface area contributed by atoms with Crippen LogP contribution in [0.4, 0.5) is 22.0 Å². The van der Waals surface area contributed by atoms with Gasteiger partial charge in [-0.2, -0.15) is 22.0 Å². The van der Waals surface area contributed by atoms with Crippen LogP contribution in [-0.4, -0.2) is 12.1 Å². The predicted octanol–water partition coefficient (Wildman–Crippen LogP) is 6.13. The lowest BCUT2D eigenvalue weighted by Crippen LogP contribution is -2.40. The zero-order chi connectivity index (χ0) is 15.1. The van der Waals surface area contributed by atoms with Gasteiger partial charge in [0.05, 0.1) is 0 Å². The summed E-state index contributed by atoms with van der Waals surface area (Å²) in [7, 11) is 0. The molecule has 0 aliphatic heterocycles.